The highest BCUT2D eigenvalue weighted by atomic mass is 31.2. The van der Waals surface area contributed by atoms with Gasteiger partial charge in [-0.3, -0.25) is 4.57 Å². The monoisotopic (exact) mass is 412 g/mol. The summed E-state index contributed by atoms with van der Waals surface area (Å²) in [6.45, 7) is 21.0. The minimum atomic E-state index is -4.07. The first-order chi connectivity index (χ1) is 10.8. The maximum Gasteiger partial charge on any atom is 0.350 e. The lowest BCUT2D eigenvalue weighted by Crippen LogP contribution is -2.43. The molecule has 0 saturated carbocycles. The van der Waals surface area contributed by atoms with Crippen molar-refractivity contribution >= 4 is 24.0 Å². The molecule has 2 N–H and O–H groups in total. The van der Waals surface area contributed by atoms with Gasteiger partial charge in [0.1, 0.15) is 6.35 Å². The number of ether oxygens (including phenoxy) is 1. The third-order valence-corrected chi connectivity index (χ3v) is 7.32. The predicted octanol–water partition coefficient (Wildman–Crippen LogP) is 5.28. The van der Waals surface area contributed by atoms with Gasteiger partial charge in [0.25, 0.3) is 0 Å². The molecule has 0 heterocycles. The van der Waals surface area contributed by atoms with E-state index in [2.05, 4.69) is 60.1 Å². The van der Waals surface area contributed by atoms with Gasteiger partial charge in [0.2, 0.25) is 0 Å². The first kappa shape index (κ1) is 25.5. The maximum atomic E-state index is 10.9. The second-order valence-electron chi connectivity index (χ2n) is 10.5. The van der Waals surface area contributed by atoms with Gasteiger partial charge in [-0.15, -0.1) is 0 Å². The number of hydrogen-bond acceptors (Lipinski definition) is 3. The van der Waals surface area contributed by atoms with Crippen molar-refractivity contribution in [2.24, 2.45) is 5.41 Å². The normalized spacial score (nSPS) is 16.8. The molecule has 0 aromatic carbocycles. The van der Waals surface area contributed by atoms with Crippen LogP contribution in [-0.4, -0.2) is 44.7 Å². The molecule has 0 saturated heterocycles. The second-order valence-corrected chi connectivity index (χ2v) is 22.0. The van der Waals surface area contributed by atoms with E-state index in [1.54, 1.807) is 0 Å². The SMILES string of the molecule is CC(CCCOCP(=O)(O)O)(CC(C)(C)O[Si](C)(C)C)C[Si](C)(C)C. The lowest BCUT2D eigenvalue weighted by molar-refractivity contribution is 0.0417. The Morgan fingerprint density at radius 3 is 1.92 bits per heavy atom. The summed E-state index contributed by atoms with van der Waals surface area (Å²) >= 11 is 0. The van der Waals surface area contributed by atoms with Crippen LogP contribution in [0.15, 0.2) is 0 Å². The topological polar surface area (TPSA) is 76.0 Å². The van der Waals surface area contributed by atoms with E-state index in [0.717, 1.165) is 19.3 Å². The molecule has 0 aliphatic rings. The quantitative estimate of drug-likeness (QED) is 0.259. The largest absolute Gasteiger partial charge is 0.413 e. The van der Waals surface area contributed by atoms with E-state index < -0.39 is 30.3 Å². The first-order valence-electron chi connectivity index (χ1n) is 9.15. The van der Waals surface area contributed by atoms with Crippen molar-refractivity contribution in [1.29, 1.82) is 0 Å². The van der Waals surface area contributed by atoms with E-state index in [1.807, 2.05) is 0 Å². The zero-order valence-electron chi connectivity index (χ0n) is 17.8. The van der Waals surface area contributed by atoms with Crippen molar-refractivity contribution in [3.05, 3.63) is 0 Å². The van der Waals surface area contributed by atoms with E-state index in [9.17, 15) is 4.57 Å². The Bertz CT molecular complexity index is 451. The maximum absolute atomic E-state index is 10.9. The van der Waals surface area contributed by atoms with Crippen LogP contribution in [-0.2, 0) is 13.7 Å². The van der Waals surface area contributed by atoms with Gasteiger partial charge in [-0.1, -0.05) is 32.6 Å². The summed E-state index contributed by atoms with van der Waals surface area (Å²) < 4.78 is 22.4. The molecule has 1 unspecified atom stereocenters. The van der Waals surface area contributed by atoms with Gasteiger partial charge in [0.15, 0.2) is 8.32 Å². The molecule has 1 atom stereocenters. The average Bonchev–Trinajstić information content (AvgIpc) is 2.18. The van der Waals surface area contributed by atoms with Gasteiger partial charge >= 0.3 is 7.60 Å². The van der Waals surface area contributed by atoms with Crippen molar-refractivity contribution in [3.8, 4) is 0 Å². The van der Waals surface area contributed by atoms with Crippen molar-refractivity contribution in [1.82, 2.24) is 0 Å². The van der Waals surface area contributed by atoms with Crippen LogP contribution in [0.4, 0.5) is 0 Å². The predicted molar refractivity (Wildman–Crippen MR) is 111 cm³/mol. The van der Waals surface area contributed by atoms with E-state index >= 15 is 0 Å². The van der Waals surface area contributed by atoms with E-state index in [-0.39, 0.29) is 11.0 Å². The van der Waals surface area contributed by atoms with Crippen LogP contribution in [0.25, 0.3) is 0 Å². The van der Waals surface area contributed by atoms with E-state index in [1.165, 1.54) is 6.04 Å². The molecule has 0 bridgehead atoms. The fraction of sp³-hybridized carbons (Fsp3) is 1.00. The van der Waals surface area contributed by atoms with Gasteiger partial charge < -0.3 is 18.9 Å². The zero-order chi connectivity index (χ0) is 20.2. The van der Waals surface area contributed by atoms with Crippen molar-refractivity contribution < 1.29 is 23.5 Å². The minimum absolute atomic E-state index is 0.152. The molecule has 0 rings (SSSR count). The summed E-state index contributed by atoms with van der Waals surface area (Å²) in [6, 6.07) is 1.21. The highest BCUT2D eigenvalue weighted by molar-refractivity contribution is 7.51. The Hall–Kier alpha value is 0.504. The van der Waals surface area contributed by atoms with Crippen LogP contribution in [0.3, 0.4) is 0 Å². The Kier molecular flexibility index (Phi) is 9.31. The summed E-state index contributed by atoms with van der Waals surface area (Å²) in [7, 11) is -6.94. The van der Waals surface area contributed by atoms with Crippen molar-refractivity contribution in [3.63, 3.8) is 0 Å². The molecule has 5 nitrogen and oxygen atoms in total. The fourth-order valence-electron chi connectivity index (χ4n) is 4.20. The summed E-state index contributed by atoms with van der Waals surface area (Å²) in [6.07, 6.45) is 2.30. The van der Waals surface area contributed by atoms with Gasteiger partial charge in [0, 0.05) is 14.7 Å². The highest BCUT2D eigenvalue weighted by Gasteiger charge is 2.38. The van der Waals surface area contributed by atoms with E-state index in [4.69, 9.17) is 18.9 Å². The summed E-state index contributed by atoms with van der Waals surface area (Å²) in [5.74, 6) is 0. The molecular formula is C17H41O5PSi2. The molecule has 25 heavy (non-hydrogen) atoms. The summed E-state index contributed by atoms with van der Waals surface area (Å²) in [5.41, 5.74) is -0.00919. The van der Waals surface area contributed by atoms with Crippen LogP contribution < -0.4 is 0 Å². The third-order valence-electron chi connectivity index (χ3n) is 3.72. The molecular weight excluding hydrogens is 371 g/mol. The Morgan fingerprint density at radius 1 is 1.00 bits per heavy atom. The lowest BCUT2D eigenvalue weighted by Gasteiger charge is -2.43. The van der Waals surface area contributed by atoms with Crippen LogP contribution >= 0.6 is 7.60 Å². The first-order valence-corrected chi connectivity index (χ1v) is 18.1. The van der Waals surface area contributed by atoms with Crippen LogP contribution in [0.5, 0.6) is 0 Å². The average molecular weight is 413 g/mol. The highest BCUT2D eigenvalue weighted by Crippen LogP contribution is 2.42. The molecule has 8 heteroatoms. The van der Waals surface area contributed by atoms with Crippen LogP contribution in [0.2, 0.25) is 45.3 Å². The molecule has 0 fully saturated rings. The fourth-order valence-corrected chi connectivity index (χ4v) is 9.16. The molecule has 152 valence electrons. The standard InChI is InChI=1S/C17H41O5PSi2/c1-16(2,22-25(7,8)9)13-17(3,14-24(4,5)6)11-10-12-21-15-23(18,19)20/h10-15H2,1-9H3,(H2,18,19,20). The second kappa shape index (κ2) is 9.13. The Labute approximate surface area is 157 Å². The molecule has 0 amide bonds. The van der Waals surface area contributed by atoms with Gasteiger partial charge in [-0.25, -0.2) is 0 Å². The van der Waals surface area contributed by atoms with Crippen molar-refractivity contribution in [2.75, 3.05) is 13.0 Å². The molecule has 0 aliphatic heterocycles. The molecule has 0 aromatic rings. The summed E-state index contributed by atoms with van der Waals surface area (Å²) in [5, 5.41) is 0. The van der Waals surface area contributed by atoms with Crippen molar-refractivity contribution in [2.45, 2.75) is 91.0 Å². The Morgan fingerprint density at radius 2 is 1.52 bits per heavy atom. The van der Waals surface area contributed by atoms with Crippen LogP contribution in [0.1, 0.15) is 40.0 Å². The van der Waals surface area contributed by atoms with Gasteiger partial charge in [-0.2, -0.15) is 0 Å². The van der Waals surface area contributed by atoms with Gasteiger partial charge in [0.05, 0.1) is 5.60 Å². The Balaban J connectivity index is 4.86. The van der Waals surface area contributed by atoms with Gasteiger partial charge in [-0.05, 0) is 58.2 Å². The number of rotatable bonds is 12. The lowest BCUT2D eigenvalue weighted by atomic mass is 9.78. The number of hydrogen-bond donors (Lipinski definition) is 2. The molecule has 0 radical (unpaired) electrons. The molecule has 0 aliphatic carbocycles. The van der Waals surface area contributed by atoms with Crippen LogP contribution in [0, 0.1) is 5.41 Å². The zero-order valence-corrected chi connectivity index (χ0v) is 20.7. The molecule has 0 spiro atoms. The minimum Gasteiger partial charge on any atom is -0.413 e. The third kappa shape index (κ3) is 15.3. The smallest absolute Gasteiger partial charge is 0.350 e. The summed E-state index contributed by atoms with van der Waals surface area (Å²) in [4.78, 5) is 17.7. The van der Waals surface area contributed by atoms with E-state index in [0.29, 0.717) is 6.61 Å². The molecule has 0 aromatic heterocycles.